The molecule has 0 aliphatic carbocycles. The van der Waals surface area contributed by atoms with Crippen molar-refractivity contribution in [3.05, 3.63) is 86.4 Å². The molecule has 1 aromatic heterocycles. The first-order chi connectivity index (χ1) is 10.2. The fourth-order valence-corrected chi connectivity index (χ4v) is 2.46. The number of para-hydroxylation sites is 2. The Morgan fingerprint density at radius 2 is 1.10 bits per heavy atom. The number of aromatic amines is 1. The highest BCUT2D eigenvalue weighted by molar-refractivity contribution is 7.71. The van der Waals surface area contributed by atoms with Crippen LogP contribution in [0.1, 0.15) is 0 Å². The molecule has 1 heterocycles. The first-order valence-electron chi connectivity index (χ1n) is 6.28. The Morgan fingerprint density at radius 1 is 0.714 bits per heavy atom. The van der Waals surface area contributed by atoms with Gasteiger partial charge in [-0.2, -0.15) is 0 Å². The van der Waals surface area contributed by atoms with Gasteiger partial charge >= 0.3 is 11.4 Å². The lowest BCUT2D eigenvalue weighted by Gasteiger charge is -2.10. The SMILES string of the molecule is O=c1[nH]c(=O)n(-c2ccccc2)c(=S)n1-c1ccccc1. The Morgan fingerprint density at radius 3 is 1.48 bits per heavy atom. The van der Waals surface area contributed by atoms with E-state index in [0.29, 0.717) is 11.4 Å². The summed E-state index contributed by atoms with van der Waals surface area (Å²) in [7, 11) is 0. The Kier molecular flexibility index (Phi) is 3.37. The number of hydrogen-bond acceptors (Lipinski definition) is 3. The standard InChI is InChI=1S/C15H11N3O2S/c19-13-16-14(20)18(12-9-5-2-6-10-12)15(21)17(13)11-7-3-1-4-8-11/h1-10H,(H,16,19,20). The number of nitrogens with zero attached hydrogens (tertiary/aromatic N) is 2. The predicted molar refractivity (Wildman–Crippen MR) is 82.8 cm³/mol. The van der Waals surface area contributed by atoms with Gasteiger partial charge in [-0.25, -0.2) is 18.7 Å². The molecule has 0 fully saturated rings. The van der Waals surface area contributed by atoms with Crippen molar-refractivity contribution in [3.8, 4) is 11.4 Å². The molecule has 6 heteroatoms. The lowest BCUT2D eigenvalue weighted by molar-refractivity contribution is 0.743. The summed E-state index contributed by atoms with van der Waals surface area (Å²) in [5.41, 5.74) is 0.105. The summed E-state index contributed by atoms with van der Waals surface area (Å²) in [6.45, 7) is 0. The van der Waals surface area contributed by atoms with E-state index in [0.717, 1.165) is 0 Å². The maximum absolute atomic E-state index is 12.1. The van der Waals surface area contributed by atoms with Crippen molar-refractivity contribution in [1.29, 1.82) is 0 Å². The van der Waals surface area contributed by atoms with E-state index in [-0.39, 0.29) is 4.77 Å². The van der Waals surface area contributed by atoms with Crippen molar-refractivity contribution >= 4 is 12.2 Å². The number of hydrogen-bond donors (Lipinski definition) is 1. The molecule has 0 atom stereocenters. The predicted octanol–water partition coefficient (Wildman–Crippen LogP) is 2.05. The highest BCUT2D eigenvalue weighted by atomic mass is 32.1. The summed E-state index contributed by atoms with van der Waals surface area (Å²) in [6, 6.07) is 17.9. The van der Waals surface area contributed by atoms with Crippen LogP contribution in [0.2, 0.25) is 0 Å². The van der Waals surface area contributed by atoms with Crippen molar-refractivity contribution in [2.24, 2.45) is 0 Å². The molecule has 0 spiro atoms. The molecule has 0 aliphatic heterocycles. The molecule has 1 N–H and O–H groups in total. The maximum Gasteiger partial charge on any atom is 0.336 e. The molecule has 2 aromatic carbocycles. The van der Waals surface area contributed by atoms with E-state index in [1.54, 1.807) is 48.5 Å². The van der Waals surface area contributed by atoms with E-state index in [4.69, 9.17) is 12.2 Å². The molecule has 0 bridgehead atoms. The maximum atomic E-state index is 12.1. The molecule has 0 saturated carbocycles. The lowest BCUT2D eigenvalue weighted by atomic mass is 10.3. The summed E-state index contributed by atoms with van der Waals surface area (Å²) in [4.78, 5) is 26.4. The molecule has 21 heavy (non-hydrogen) atoms. The third-order valence-corrected chi connectivity index (χ3v) is 3.40. The van der Waals surface area contributed by atoms with Crippen molar-refractivity contribution in [3.63, 3.8) is 0 Å². The quantitative estimate of drug-likeness (QED) is 0.736. The molecule has 104 valence electrons. The van der Waals surface area contributed by atoms with Crippen LogP contribution in [-0.4, -0.2) is 14.1 Å². The summed E-state index contributed by atoms with van der Waals surface area (Å²) in [5.74, 6) is 0. The number of H-pyrrole nitrogens is 1. The smallest absolute Gasteiger partial charge is 0.258 e. The highest BCUT2D eigenvalue weighted by Gasteiger charge is 2.09. The Hall–Kier alpha value is -2.73. The first-order valence-corrected chi connectivity index (χ1v) is 6.68. The second-order valence-electron chi connectivity index (χ2n) is 4.36. The van der Waals surface area contributed by atoms with Crippen molar-refractivity contribution in [2.45, 2.75) is 0 Å². The van der Waals surface area contributed by atoms with E-state index in [2.05, 4.69) is 4.98 Å². The second kappa shape index (κ2) is 5.34. The summed E-state index contributed by atoms with van der Waals surface area (Å²) in [5, 5.41) is 0. The van der Waals surface area contributed by atoms with Gasteiger partial charge < -0.3 is 0 Å². The zero-order valence-corrected chi connectivity index (χ0v) is 11.7. The van der Waals surface area contributed by atoms with Crippen molar-refractivity contribution in [1.82, 2.24) is 14.1 Å². The van der Waals surface area contributed by atoms with Gasteiger partial charge in [-0.3, -0.25) is 4.98 Å². The molecule has 3 rings (SSSR count). The van der Waals surface area contributed by atoms with Crippen LogP contribution in [-0.2, 0) is 0 Å². The summed E-state index contributed by atoms with van der Waals surface area (Å²) < 4.78 is 2.72. The largest absolute Gasteiger partial charge is 0.336 e. The monoisotopic (exact) mass is 297 g/mol. The zero-order valence-electron chi connectivity index (χ0n) is 10.9. The molecule has 0 aliphatic rings. The first kappa shape index (κ1) is 13.3. The Balaban J connectivity index is 2.38. The molecule has 0 saturated heterocycles. The normalized spacial score (nSPS) is 10.5. The average Bonchev–Trinajstić information content (AvgIpc) is 2.49. The van der Waals surface area contributed by atoms with Crippen LogP contribution in [0.5, 0.6) is 0 Å². The molecule has 0 radical (unpaired) electrons. The molecule has 0 unspecified atom stereocenters. The molecular formula is C15H11N3O2S. The molecular weight excluding hydrogens is 286 g/mol. The highest BCUT2D eigenvalue weighted by Crippen LogP contribution is 2.08. The molecule has 0 amide bonds. The van der Waals surface area contributed by atoms with Gasteiger partial charge in [0, 0.05) is 0 Å². The number of benzene rings is 2. The lowest BCUT2D eigenvalue weighted by Crippen LogP contribution is -2.36. The van der Waals surface area contributed by atoms with E-state index in [1.807, 2.05) is 12.1 Å². The van der Waals surface area contributed by atoms with E-state index in [1.165, 1.54) is 9.13 Å². The molecule has 5 nitrogen and oxygen atoms in total. The van der Waals surface area contributed by atoms with Gasteiger partial charge in [-0.15, -0.1) is 0 Å². The van der Waals surface area contributed by atoms with Gasteiger partial charge in [0.25, 0.3) is 0 Å². The van der Waals surface area contributed by atoms with Gasteiger partial charge in [-0.1, -0.05) is 36.4 Å². The van der Waals surface area contributed by atoms with Gasteiger partial charge in [0.2, 0.25) is 0 Å². The zero-order chi connectivity index (χ0) is 14.8. The minimum atomic E-state index is -0.552. The molecule has 3 aromatic rings. The van der Waals surface area contributed by atoms with Crippen LogP contribution in [0, 0.1) is 4.77 Å². The number of nitrogens with one attached hydrogen (secondary N) is 1. The van der Waals surface area contributed by atoms with Crippen LogP contribution < -0.4 is 11.4 Å². The topological polar surface area (TPSA) is 59.8 Å². The van der Waals surface area contributed by atoms with Gasteiger partial charge in [0.1, 0.15) is 0 Å². The average molecular weight is 297 g/mol. The fourth-order valence-electron chi connectivity index (χ4n) is 2.09. The van der Waals surface area contributed by atoms with E-state index < -0.39 is 11.4 Å². The third-order valence-electron chi connectivity index (χ3n) is 3.03. The summed E-state index contributed by atoms with van der Waals surface area (Å²) in [6.07, 6.45) is 0. The minimum Gasteiger partial charge on any atom is -0.258 e. The Bertz CT molecular complexity index is 866. The van der Waals surface area contributed by atoms with E-state index in [9.17, 15) is 9.59 Å². The number of aromatic nitrogens is 3. The number of rotatable bonds is 2. The van der Waals surface area contributed by atoms with Crippen LogP contribution in [0.4, 0.5) is 0 Å². The van der Waals surface area contributed by atoms with Crippen LogP contribution in [0.15, 0.2) is 70.3 Å². The van der Waals surface area contributed by atoms with Crippen LogP contribution in [0.3, 0.4) is 0 Å². The van der Waals surface area contributed by atoms with Crippen molar-refractivity contribution in [2.75, 3.05) is 0 Å². The van der Waals surface area contributed by atoms with Gasteiger partial charge in [0.05, 0.1) is 11.4 Å². The van der Waals surface area contributed by atoms with Gasteiger partial charge in [0.15, 0.2) is 4.77 Å². The van der Waals surface area contributed by atoms with E-state index >= 15 is 0 Å². The minimum absolute atomic E-state index is 0.126. The fraction of sp³-hybridized carbons (Fsp3) is 0. The Labute approximate surface area is 124 Å². The third kappa shape index (κ3) is 2.36. The second-order valence-corrected chi connectivity index (χ2v) is 4.72. The van der Waals surface area contributed by atoms with Crippen molar-refractivity contribution < 1.29 is 0 Å². The van der Waals surface area contributed by atoms with Crippen LogP contribution >= 0.6 is 12.2 Å². The van der Waals surface area contributed by atoms with Crippen LogP contribution in [0.25, 0.3) is 11.4 Å². The van der Waals surface area contributed by atoms with Gasteiger partial charge in [-0.05, 0) is 36.5 Å². The summed E-state index contributed by atoms with van der Waals surface area (Å²) >= 11 is 5.34.